The molecule has 0 saturated carbocycles. The third-order valence-electron chi connectivity index (χ3n) is 4.77. The summed E-state index contributed by atoms with van der Waals surface area (Å²) < 4.78 is 39.4. The van der Waals surface area contributed by atoms with Crippen LogP contribution in [-0.2, 0) is 9.53 Å². The van der Waals surface area contributed by atoms with Crippen LogP contribution in [0.3, 0.4) is 0 Å². The number of amides is 2. The Morgan fingerprint density at radius 2 is 1.94 bits per heavy atom. The van der Waals surface area contributed by atoms with E-state index in [2.05, 4.69) is 15.5 Å². The maximum atomic E-state index is 14.8. The second kappa shape index (κ2) is 8.13. The topological polar surface area (TPSA) is 97.6 Å². The lowest BCUT2D eigenvalue weighted by molar-refractivity contribution is -0.119. The van der Waals surface area contributed by atoms with Crippen molar-refractivity contribution in [2.24, 2.45) is 0 Å². The van der Waals surface area contributed by atoms with Gasteiger partial charge in [-0.1, -0.05) is 11.2 Å². The van der Waals surface area contributed by atoms with E-state index in [1.807, 2.05) is 0 Å². The molecule has 3 aromatic rings. The van der Waals surface area contributed by atoms with E-state index in [1.54, 1.807) is 19.1 Å². The zero-order valence-electron chi connectivity index (χ0n) is 16.7. The summed E-state index contributed by atoms with van der Waals surface area (Å²) in [6, 6.07) is 8.39. The van der Waals surface area contributed by atoms with Gasteiger partial charge in [0.1, 0.15) is 17.7 Å². The van der Waals surface area contributed by atoms with Crippen LogP contribution in [0.5, 0.6) is 0 Å². The summed E-state index contributed by atoms with van der Waals surface area (Å²) in [6.45, 7) is 3.30. The Morgan fingerprint density at radius 1 is 1.19 bits per heavy atom. The number of nitrogens with one attached hydrogen (secondary N) is 1. The first-order chi connectivity index (χ1) is 14.8. The van der Waals surface area contributed by atoms with E-state index in [-0.39, 0.29) is 35.9 Å². The molecule has 10 heteroatoms. The number of nitrogens with zero attached hydrogens (tertiary/aromatic N) is 3. The van der Waals surface area contributed by atoms with Gasteiger partial charge in [0, 0.05) is 19.4 Å². The van der Waals surface area contributed by atoms with Gasteiger partial charge in [-0.25, -0.2) is 13.6 Å². The molecule has 1 aliphatic rings. The van der Waals surface area contributed by atoms with E-state index in [0.717, 1.165) is 0 Å². The maximum Gasteiger partial charge on any atom is 0.414 e. The molecule has 8 nitrogen and oxygen atoms in total. The summed E-state index contributed by atoms with van der Waals surface area (Å²) in [7, 11) is 0. The Bertz CT molecular complexity index is 1160. The average Bonchev–Trinajstić information content (AvgIpc) is 3.31. The van der Waals surface area contributed by atoms with Gasteiger partial charge in [-0.2, -0.15) is 4.98 Å². The van der Waals surface area contributed by atoms with Crippen molar-refractivity contribution in [3.05, 3.63) is 53.9 Å². The Hall–Kier alpha value is -3.82. The minimum Gasteiger partial charge on any atom is -0.442 e. The number of aryl methyl sites for hydroxylation is 1. The highest BCUT2D eigenvalue weighted by atomic mass is 19.1. The standard InChI is InChI=1S/C21H18F2N4O4/c1-11(28)24-9-15-10-27(21(29)30-15)14-4-6-16(19(23)8-14)13-3-5-17(18(22)7-13)20-25-12(2)31-26-20/h3-8,15H,9-10H2,1-2H3,(H,24,28)/t15-/m0/s1. The molecule has 160 valence electrons. The maximum absolute atomic E-state index is 14.8. The number of carbonyl (C=O) groups excluding carboxylic acids is 2. The van der Waals surface area contributed by atoms with Crippen LogP contribution in [0, 0.1) is 18.6 Å². The second-order valence-corrected chi connectivity index (χ2v) is 7.05. The highest BCUT2D eigenvalue weighted by Gasteiger charge is 2.32. The largest absolute Gasteiger partial charge is 0.442 e. The Labute approximate surface area is 175 Å². The highest BCUT2D eigenvalue weighted by molar-refractivity contribution is 5.90. The summed E-state index contributed by atoms with van der Waals surface area (Å²) in [5.74, 6) is -1.07. The molecule has 0 radical (unpaired) electrons. The monoisotopic (exact) mass is 428 g/mol. The van der Waals surface area contributed by atoms with Crippen LogP contribution in [0.2, 0.25) is 0 Å². The number of aromatic nitrogens is 2. The van der Waals surface area contributed by atoms with Crippen LogP contribution in [0.25, 0.3) is 22.5 Å². The van der Waals surface area contributed by atoms with Crippen molar-refractivity contribution >= 4 is 17.7 Å². The van der Waals surface area contributed by atoms with Gasteiger partial charge in [-0.3, -0.25) is 9.69 Å². The molecule has 2 amide bonds. The van der Waals surface area contributed by atoms with Crippen molar-refractivity contribution in [2.45, 2.75) is 20.0 Å². The molecule has 2 heterocycles. The van der Waals surface area contributed by atoms with Gasteiger partial charge in [-0.15, -0.1) is 0 Å². The van der Waals surface area contributed by atoms with Crippen molar-refractivity contribution in [3.63, 3.8) is 0 Å². The fraction of sp³-hybridized carbons (Fsp3) is 0.238. The molecule has 1 aliphatic heterocycles. The van der Waals surface area contributed by atoms with Gasteiger partial charge >= 0.3 is 6.09 Å². The van der Waals surface area contributed by atoms with Crippen LogP contribution in [0.15, 0.2) is 40.9 Å². The van der Waals surface area contributed by atoms with Crippen molar-refractivity contribution in [2.75, 3.05) is 18.0 Å². The zero-order chi connectivity index (χ0) is 22.1. The number of carbonyl (C=O) groups is 2. The quantitative estimate of drug-likeness (QED) is 0.669. The van der Waals surface area contributed by atoms with E-state index >= 15 is 0 Å². The Balaban J connectivity index is 1.55. The molecular weight excluding hydrogens is 410 g/mol. The fourth-order valence-corrected chi connectivity index (χ4v) is 3.27. The molecule has 0 unspecified atom stereocenters. The number of anilines is 1. The van der Waals surface area contributed by atoms with Crippen LogP contribution >= 0.6 is 0 Å². The number of hydrogen-bond acceptors (Lipinski definition) is 6. The Morgan fingerprint density at radius 3 is 2.58 bits per heavy atom. The predicted octanol–water partition coefficient (Wildman–Crippen LogP) is 3.45. The minimum atomic E-state index is -0.631. The molecule has 1 aromatic heterocycles. The van der Waals surface area contributed by atoms with Crippen molar-refractivity contribution in [1.29, 1.82) is 0 Å². The SMILES string of the molecule is CC(=O)NC[C@H]1CN(c2ccc(-c3ccc(-c4noc(C)n4)c(F)c3)c(F)c2)C(=O)O1. The number of benzene rings is 2. The summed E-state index contributed by atoms with van der Waals surface area (Å²) in [5.41, 5.74) is 0.928. The van der Waals surface area contributed by atoms with Gasteiger partial charge < -0.3 is 14.6 Å². The predicted molar refractivity (Wildman–Crippen MR) is 106 cm³/mol. The fourth-order valence-electron chi connectivity index (χ4n) is 3.27. The van der Waals surface area contributed by atoms with E-state index < -0.39 is 23.8 Å². The first-order valence-corrected chi connectivity index (χ1v) is 9.44. The lowest BCUT2D eigenvalue weighted by Crippen LogP contribution is -2.33. The summed E-state index contributed by atoms with van der Waals surface area (Å²) in [6.07, 6.45) is -1.16. The molecule has 1 saturated heterocycles. The average molecular weight is 428 g/mol. The molecule has 4 rings (SSSR count). The first-order valence-electron chi connectivity index (χ1n) is 9.44. The molecule has 1 atom stereocenters. The lowest BCUT2D eigenvalue weighted by Gasteiger charge is -2.15. The van der Waals surface area contributed by atoms with E-state index in [0.29, 0.717) is 17.1 Å². The normalized spacial score (nSPS) is 15.8. The zero-order valence-corrected chi connectivity index (χ0v) is 16.7. The smallest absolute Gasteiger partial charge is 0.414 e. The molecular formula is C21H18F2N4O4. The number of ether oxygens (including phenoxy) is 1. The molecule has 1 fully saturated rings. The number of cyclic esters (lactones) is 1. The van der Waals surface area contributed by atoms with Gasteiger partial charge in [-0.05, 0) is 35.9 Å². The highest BCUT2D eigenvalue weighted by Crippen LogP contribution is 2.31. The van der Waals surface area contributed by atoms with Gasteiger partial charge in [0.25, 0.3) is 0 Å². The molecule has 31 heavy (non-hydrogen) atoms. The van der Waals surface area contributed by atoms with Crippen LogP contribution in [0.1, 0.15) is 12.8 Å². The minimum absolute atomic E-state index is 0.110. The van der Waals surface area contributed by atoms with Crippen LogP contribution < -0.4 is 10.2 Å². The van der Waals surface area contributed by atoms with Gasteiger partial charge in [0.05, 0.1) is 24.3 Å². The molecule has 0 spiro atoms. The molecule has 1 N–H and O–H groups in total. The van der Waals surface area contributed by atoms with Crippen LogP contribution in [-0.4, -0.2) is 41.3 Å². The lowest BCUT2D eigenvalue weighted by atomic mass is 10.0. The van der Waals surface area contributed by atoms with E-state index in [4.69, 9.17) is 9.26 Å². The molecule has 0 bridgehead atoms. The summed E-state index contributed by atoms with van der Waals surface area (Å²) in [4.78, 5) is 28.4. The molecule has 0 aliphatic carbocycles. The van der Waals surface area contributed by atoms with Crippen LogP contribution in [0.4, 0.5) is 19.3 Å². The summed E-state index contributed by atoms with van der Waals surface area (Å²) >= 11 is 0. The summed E-state index contributed by atoms with van der Waals surface area (Å²) in [5, 5.41) is 6.26. The third-order valence-corrected chi connectivity index (χ3v) is 4.77. The van der Waals surface area contributed by atoms with Crippen molar-refractivity contribution < 1.29 is 27.6 Å². The van der Waals surface area contributed by atoms with Crippen molar-refractivity contribution in [1.82, 2.24) is 15.5 Å². The molecule has 2 aromatic carbocycles. The van der Waals surface area contributed by atoms with Crippen molar-refractivity contribution in [3.8, 4) is 22.5 Å². The van der Waals surface area contributed by atoms with E-state index in [1.165, 1.54) is 36.1 Å². The third kappa shape index (κ3) is 4.23. The number of rotatable bonds is 5. The Kier molecular flexibility index (Phi) is 5.37. The second-order valence-electron chi connectivity index (χ2n) is 7.05. The van der Waals surface area contributed by atoms with E-state index in [9.17, 15) is 18.4 Å². The number of hydrogen-bond donors (Lipinski definition) is 1. The van der Waals surface area contributed by atoms with Gasteiger partial charge in [0.15, 0.2) is 0 Å². The van der Waals surface area contributed by atoms with Gasteiger partial charge in [0.2, 0.25) is 17.6 Å². The first kappa shape index (κ1) is 20.5. The number of halogens is 2.